The Morgan fingerprint density at radius 2 is 1.67 bits per heavy atom. The molecule has 4 nitrogen and oxygen atoms in total. The average Bonchev–Trinajstić information content (AvgIpc) is 2.33. The SMILES string of the molecule is Nc1ccc(-c2c(C(=O)O)ccc(Br)c2N)cc1. The molecule has 92 valence electrons. The van der Waals surface area contributed by atoms with Gasteiger partial charge in [-0.15, -0.1) is 0 Å². The quantitative estimate of drug-likeness (QED) is 0.744. The highest BCUT2D eigenvalue weighted by Gasteiger charge is 2.16. The highest BCUT2D eigenvalue weighted by Crippen LogP contribution is 2.35. The largest absolute Gasteiger partial charge is 0.478 e. The van der Waals surface area contributed by atoms with Gasteiger partial charge in [-0.1, -0.05) is 12.1 Å². The van der Waals surface area contributed by atoms with Gasteiger partial charge in [0.25, 0.3) is 0 Å². The fourth-order valence-electron chi connectivity index (χ4n) is 1.73. The molecule has 5 N–H and O–H groups in total. The van der Waals surface area contributed by atoms with Crippen LogP contribution in [0, 0.1) is 0 Å². The Hall–Kier alpha value is -2.01. The van der Waals surface area contributed by atoms with Gasteiger partial charge in [-0.05, 0) is 45.8 Å². The van der Waals surface area contributed by atoms with E-state index in [0.717, 1.165) is 5.56 Å². The van der Waals surface area contributed by atoms with Crippen molar-refractivity contribution in [2.24, 2.45) is 0 Å². The molecule has 0 bridgehead atoms. The molecular formula is C13H11BrN2O2. The molecule has 2 rings (SSSR count). The second-order valence-corrected chi connectivity index (χ2v) is 4.67. The van der Waals surface area contributed by atoms with Crippen LogP contribution in [-0.2, 0) is 0 Å². The Balaban J connectivity index is 2.71. The van der Waals surface area contributed by atoms with E-state index in [4.69, 9.17) is 11.5 Å². The summed E-state index contributed by atoms with van der Waals surface area (Å²) in [6.45, 7) is 0. The smallest absolute Gasteiger partial charge is 0.336 e. The van der Waals surface area contributed by atoms with Crippen LogP contribution in [0.15, 0.2) is 40.9 Å². The maximum Gasteiger partial charge on any atom is 0.336 e. The molecule has 0 aliphatic heterocycles. The van der Waals surface area contributed by atoms with E-state index in [1.54, 1.807) is 30.3 Å². The first-order valence-corrected chi connectivity index (χ1v) is 5.97. The summed E-state index contributed by atoms with van der Waals surface area (Å²) in [4.78, 5) is 11.2. The number of anilines is 2. The summed E-state index contributed by atoms with van der Waals surface area (Å²) in [5.74, 6) is -1.01. The van der Waals surface area contributed by atoms with Crippen LogP contribution in [0.3, 0.4) is 0 Å². The van der Waals surface area contributed by atoms with Crippen LogP contribution >= 0.6 is 15.9 Å². The van der Waals surface area contributed by atoms with Gasteiger partial charge in [-0.25, -0.2) is 4.79 Å². The zero-order chi connectivity index (χ0) is 13.3. The lowest BCUT2D eigenvalue weighted by Gasteiger charge is -2.11. The minimum atomic E-state index is -1.01. The maximum atomic E-state index is 11.2. The molecule has 5 heteroatoms. The number of nitrogen functional groups attached to an aromatic ring is 2. The highest BCUT2D eigenvalue weighted by atomic mass is 79.9. The minimum absolute atomic E-state index is 0.167. The molecule has 0 heterocycles. The van der Waals surface area contributed by atoms with Gasteiger partial charge < -0.3 is 16.6 Å². The van der Waals surface area contributed by atoms with Gasteiger partial charge in [-0.2, -0.15) is 0 Å². The van der Waals surface area contributed by atoms with Crippen molar-refractivity contribution in [3.05, 3.63) is 46.4 Å². The van der Waals surface area contributed by atoms with Crippen molar-refractivity contribution in [3.8, 4) is 11.1 Å². The van der Waals surface area contributed by atoms with E-state index in [9.17, 15) is 9.90 Å². The summed E-state index contributed by atoms with van der Waals surface area (Å²) < 4.78 is 0.666. The molecule has 2 aromatic rings. The third-order valence-corrected chi connectivity index (χ3v) is 3.31. The van der Waals surface area contributed by atoms with Gasteiger partial charge in [0.15, 0.2) is 0 Å². The Kier molecular flexibility index (Phi) is 3.25. The summed E-state index contributed by atoms with van der Waals surface area (Å²) in [6, 6.07) is 10.1. The summed E-state index contributed by atoms with van der Waals surface area (Å²) in [5.41, 5.74) is 14.0. The lowest BCUT2D eigenvalue weighted by molar-refractivity contribution is 0.0698. The summed E-state index contributed by atoms with van der Waals surface area (Å²) in [6.07, 6.45) is 0. The van der Waals surface area contributed by atoms with E-state index < -0.39 is 5.97 Å². The van der Waals surface area contributed by atoms with E-state index in [1.165, 1.54) is 6.07 Å². The Bertz CT molecular complexity index is 609. The minimum Gasteiger partial charge on any atom is -0.478 e. The molecule has 0 aromatic heterocycles. The van der Waals surface area contributed by atoms with Gasteiger partial charge in [-0.3, -0.25) is 0 Å². The van der Waals surface area contributed by atoms with Gasteiger partial charge in [0.1, 0.15) is 0 Å². The standard InChI is InChI=1S/C13H11BrN2O2/c14-10-6-5-9(13(17)18)11(12(10)16)7-1-3-8(15)4-2-7/h1-6H,15-16H2,(H,17,18). The van der Waals surface area contributed by atoms with Gasteiger partial charge in [0, 0.05) is 15.7 Å². The Morgan fingerprint density at radius 1 is 1.06 bits per heavy atom. The van der Waals surface area contributed by atoms with Gasteiger partial charge in [0.2, 0.25) is 0 Å². The highest BCUT2D eigenvalue weighted by molar-refractivity contribution is 9.10. The number of carbonyl (C=O) groups is 1. The van der Waals surface area contributed by atoms with E-state index in [-0.39, 0.29) is 5.56 Å². The van der Waals surface area contributed by atoms with Gasteiger partial charge in [0.05, 0.1) is 11.3 Å². The lowest BCUT2D eigenvalue weighted by atomic mass is 9.97. The zero-order valence-corrected chi connectivity index (χ0v) is 10.9. The molecule has 0 unspecified atom stereocenters. The number of carboxylic acid groups (broad SMARTS) is 1. The van der Waals surface area contributed by atoms with Gasteiger partial charge >= 0.3 is 5.97 Å². The van der Waals surface area contributed by atoms with Crippen LogP contribution in [0.4, 0.5) is 11.4 Å². The fourth-order valence-corrected chi connectivity index (χ4v) is 2.06. The maximum absolute atomic E-state index is 11.2. The van der Waals surface area contributed by atoms with Crippen molar-refractivity contribution < 1.29 is 9.90 Å². The molecular weight excluding hydrogens is 296 g/mol. The molecule has 0 atom stereocenters. The number of rotatable bonds is 2. The monoisotopic (exact) mass is 306 g/mol. The van der Waals surface area contributed by atoms with E-state index in [2.05, 4.69) is 15.9 Å². The first-order chi connectivity index (χ1) is 8.50. The van der Waals surface area contributed by atoms with Crippen LogP contribution in [-0.4, -0.2) is 11.1 Å². The summed E-state index contributed by atoms with van der Waals surface area (Å²) >= 11 is 3.30. The van der Waals surface area contributed by atoms with Crippen LogP contribution in [0.25, 0.3) is 11.1 Å². The van der Waals surface area contributed by atoms with E-state index >= 15 is 0 Å². The van der Waals surface area contributed by atoms with E-state index in [0.29, 0.717) is 21.4 Å². The number of aromatic carboxylic acids is 1. The third kappa shape index (κ3) is 2.17. The van der Waals surface area contributed by atoms with Crippen LogP contribution < -0.4 is 11.5 Å². The van der Waals surface area contributed by atoms with E-state index in [1.807, 2.05) is 0 Å². The molecule has 0 amide bonds. The predicted molar refractivity (Wildman–Crippen MR) is 75.4 cm³/mol. The fraction of sp³-hybridized carbons (Fsp3) is 0. The molecule has 18 heavy (non-hydrogen) atoms. The molecule has 0 aliphatic rings. The Morgan fingerprint density at radius 3 is 2.22 bits per heavy atom. The molecule has 0 saturated carbocycles. The number of carboxylic acids is 1. The third-order valence-electron chi connectivity index (χ3n) is 2.62. The second kappa shape index (κ2) is 4.70. The van der Waals surface area contributed by atoms with Crippen LogP contribution in [0.2, 0.25) is 0 Å². The first kappa shape index (κ1) is 12.4. The number of hydrogen-bond donors (Lipinski definition) is 3. The predicted octanol–water partition coefficient (Wildman–Crippen LogP) is 2.98. The molecule has 0 radical (unpaired) electrons. The number of hydrogen-bond acceptors (Lipinski definition) is 3. The molecule has 0 fully saturated rings. The lowest BCUT2D eigenvalue weighted by Crippen LogP contribution is -2.03. The molecule has 0 aliphatic carbocycles. The van der Waals surface area contributed by atoms with Crippen molar-refractivity contribution in [3.63, 3.8) is 0 Å². The average molecular weight is 307 g/mol. The number of benzene rings is 2. The Labute approximate surface area is 112 Å². The van der Waals surface area contributed by atoms with Crippen molar-refractivity contribution in [2.75, 3.05) is 11.5 Å². The van der Waals surface area contributed by atoms with Crippen LogP contribution in [0.5, 0.6) is 0 Å². The van der Waals surface area contributed by atoms with Crippen molar-refractivity contribution in [2.45, 2.75) is 0 Å². The van der Waals surface area contributed by atoms with Crippen molar-refractivity contribution in [1.82, 2.24) is 0 Å². The van der Waals surface area contributed by atoms with Crippen LogP contribution in [0.1, 0.15) is 10.4 Å². The van der Waals surface area contributed by atoms with Crippen molar-refractivity contribution in [1.29, 1.82) is 0 Å². The molecule has 0 saturated heterocycles. The topological polar surface area (TPSA) is 89.3 Å². The first-order valence-electron chi connectivity index (χ1n) is 5.18. The second-order valence-electron chi connectivity index (χ2n) is 3.81. The summed E-state index contributed by atoms with van der Waals surface area (Å²) in [5, 5.41) is 9.20. The molecule has 2 aromatic carbocycles. The molecule has 0 spiro atoms. The number of nitrogens with two attached hydrogens (primary N) is 2. The number of halogens is 1. The zero-order valence-electron chi connectivity index (χ0n) is 9.35. The van der Waals surface area contributed by atoms with Crippen molar-refractivity contribution >= 4 is 33.3 Å². The summed E-state index contributed by atoms with van der Waals surface area (Å²) in [7, 11) is 0. The normalized spacial score (nSPS) is 10.3.